The van der Waals surface area contributed by atoms with Crippen LogP contribution in [-0.4, -0.2) is 15.8 Å². The number of nitrogens with one attached hydrogen (secondary N) is 1. The number of H-pyrrole nitrogens is 1. The summed E-state index contributed by atoms with van der Waals surface area (Å²) >= 11 is 5.78. The van der Waals surface area contributed by atoms with Crippen LogP contribution in [0.1, 0.15) is 15.9 Å². The lowest BCUT2D eigenvalue weighted by molar-refractivity contribution is 0.103. The topological polar surface area (TPSA) is 45.8 Å². The summed E-state index contributed by atoms with van der Waals surface area (Å²) in [6, 6.07) is 14.5. The average Bonchev–Trinajstić information content (AvgIpc) is 2.78. The number of aromatic nitrogens is 2. The molecule has 0 bridgehead atoms. The second-order valence-electron chi connectivity index (χ2n) is 3.95. The van der Waals surface area contributed by atoms with Crippen LogP contribution < -0.4 is 0 Å². The number of imidazole rings is 1. The van der Waals surface area contributed by atoms with Crippen LogP contribution in [0.15, 0.2) is 48.5 Å². The maximum Gasteiger partial charge on any atom is 0.201 e. The van der Waals surface area contributed by atoms with Crippen molar-refractivity contribution in [2.45, 2.75) is 0 Å². The lowest BCUT2D eigenvalue weighted by atomic mass is 10.0. The quantitative estimate of drug-likeness (QED) is 0.714. The molecule has 0 spiro atoms. The predicted molar refractivity (Wildman–Crippen MR) is 71.0 cm³/mol. The van der Waals surface area contributed by atoms with E-state index in [1.54, 1.807) is 30.3 Å². The Bertz CT molecular complexity index is 719. The molecular weight excluding hydrogens is 248 g/mol. The summed E-state index contributed by atoms with van der Waals surface area (Å²) in [5.41, 5.74) is 2.81. The number of carbonyl (C=O) groups is 1. The van der Waals surface area contributed by atoms with Crippen LogP contribution in [0.2, 0.25) is 5.28 Å². The molecule has 0 fully saturated rings. The van der Waals surface area contributed by atoms with Gasteiger partial charge in [0, 0.05) is 11.1 Å². The lowest BCUT2D eigenvalue weighted by Gasteiger charge is -2.00. The number of ketones is 1. The Morgan fingerprint density at radius 1 is 1.06 bits per heavy atom. The first-order valence-corrected chi connectivity index (χ1v) is 5.87. The van der Waals surface area contributed by atoms with E-state index in [0.717, 1.165) is 11.0 Å². The van der Waals surface area contributed by atoms with E-state index in [0.29, 0.717) is 16.4 Å². The first-order valence-electron chi connectivity index (χ1n) is 5.49. The van der Waals surface area contributed by atoms with Crippen LogP contribution in [-0.2, 0) is 0 Å². The van der Waals surface area contributed by atoms with Gasteiger partial charge in [-0.15, -0.1) is 0 Å². The molecular formula is C14H9ClN2O. The first-order chi connectivity index (χ1) is 8.74. The van der Waals surface area contributed by atoms with Crippen LogP contribution in [0.25, 0.3) is 11.0 Å². The summed E-state index contributed by atoms with van der Waals surface area (Å²) in [5, 5.41) is 0.328. The number of nitrogens with zero attached hydrogens (tertiary/aromatic N) is 1. The van der Waals surface area contributed by atoms with E-state index in [1.165, 1.54) is 0 Å². The van der Waals surface area contributed by atoms with E-state index >= 15 is 0 Å². The molecule has 0 aliphatic rings. The van der Waals surface area contributed by atoms with Crippen molar-refractivity contribution in [1.29, 1.82) is 0 Å². The summed E-state index contributed by atoms with van der Waals surface area (Å²) in [6.07, 6.45) is 0. The van der Waals surface area contributed by atoms with Gasteiger partial charge in [-0.25, -0.2) is 4.98 Å². The third-order valence-electron chi connectivity index (χ3n) is 2.75. The second kappa shape index (κ2) is 4.27. The van der Waals surface area contributed by atoms with Gasteiger partial charge in [-0.2, -0.15) is 0 Å². The molecule has 0 saturated carbocycles. The van der Waals surface area contributed by atoms with E-state index in [-0.39, 0.29) is 5.78 Å². The summed E-state index contributed by atoms with van der Waals surface area (Å²) < 4.78 is 0. The van der Waals surface area contributed by atoms with E-state index in [2.05, 4.69) is 9.97 Å². The molecule has 18 heavy (non-hydrogen) atoms. The lowest BCUT2D eigenvalue weighted by Crippen LogP contribution is -2.00. The number of rotatable bonds is 2. The molecule has 3 aromatic rings. The Kier molecular flexibility index (Phi) is 2.61. The minimum atomic E-state index is -0.0109. The minimum Gasteiger partial charge on any atom is -0.329 e. The normalized spacial score (nSPS) is 10.7. The van der Waals surface area contributed by atoms with Crippen molar-refractivity contribution in [3.05, 3.63) is 64.9 Å². The third kappa shape index (κ3) is 1.89. The third-order valence-corrected chi connectivity index (χ3v) is 2.93. The average molecular weight is 257 g/mol. The Morgan fingerprint density at radius 3 is 2.61 bits per heavy atom. The summed E-state index contributed by atoms with van der Waals surface area (Å²) in [4.78, 5) is 19.2. The van der Waals surface area contributed by atoms with Gasteiger partial charge in [-0.3, -0.25) is 4.79 Å². The Balaban J connectivity index is 2.06. The fourth-order valence-electron chi connectivity index (χ4n) is 1.88. The summed E-state index contributed by atoms with van der Waals surface area (Å²) in [5.74, 6) is -0.0109. The van der Waals surface area contributed by atoms with E-state index < -0.39 is 0 Å². The van der Waals surface area contributed by atoms with Crippen molar-refractivity contribution in [3.63, 3.8) is 0 Å². The predicted octanol–water partition coefficient (Wildman–Crippen LogP) is 3.45. The molecule has 0 atom stereocenters. The number of aromatic amines is 1. The van der Waals surface area contributed by atoms with Crippen molar-refractivity contribution in [2.75, 3.05) is 0 Å². The van der Waals surface area contributed by atoms with Crippen LogP contribution in [0.3, 0.4) is 0 Å². The van der Waals surface area contributed by atoms with Gasteiger partial charge in [0.2, 0.25) is 5.28 Å². The molecule has 2 aromatic carbocycles. The SMILES string of the molecule is O=C(c1ccccc1)c1ccc2nc(Cl)[nH]c2c1. The van der Waals surface area contributed by atoms with Gasteiger partial charge in [0.05, 0.1) is 11.0 Å². The van der Waals surface area contributed by atoms with Crippen molar-refractivity contribution in [3.8, 4) is 0 Å². The molecule has 4 heteroatoms. The van der Waals surface area contributed by atoms with E-state index in [4.69, 9.17) is 11.6 Å². The van der Waals surface area contributed by atoms with Crippen molar-refractivity contribution < 1.29 is 4.79 Å². The molecule has 0 aliphatic heterocycles. The Morgan fingerprint density at radius 2 is 1.83 bits per heavy atom. The monoisotopic (exact) mass is 256 g/mol. The molecule has 0 unspecified atom stereocenters. The highest BCUT2D eigenvalue weighted by Crippen LogP contribution is 2.18. The summed E-state index contributed by atoms with van der Waals surface area (Å²) in [7, 11) is 0. The molecule has 1 heterocycles. The zero-order valence-electron chi connectivity index (χ0n) is 9.35. The highest BCUT2D eigenvalue weighted by atomic mass is 35.5. The number of benzene rings is 2. The van der Waals surface area contributed by atoms with Gasteiger partial charge in [0.15, 0.2) is 5.78 Å². The number of halogens is 1. The fourth-order valence-corrected chi connectivity index (χ4v) is 2.07. The van der Waals surface area contributed by atoms with Crippen LogP contribution >= 0.6 is 11.6 Å². The minimum absolute atomic E-state index is 0.0109. The van der Waals surface area contributed by atoms with Crippen molar-refractivity contribution in [1.82, 2.24) is 9.97 Å². The highest BCUT2D eigenvalue weighted by Gasteiger charge is 2.10. The largest absolute Gasteiger partial charge is 0.329 e. The van der Waals surface area contributed by atoms with Gasteiger partial charge >= 0.3 is 0 Å². The first kappa shape index (κ1) is 11.0. The molecule has 0 aliphatic carbocycles. The van der Waals surface area contributed by atoms with Gasteiger partial charge in [-0.1, -0.05) is 30.3 Å². The summed E-state index contributed by atoms with van der Waals surface area (Å²) in [6.45, 7) is 0. The molecule has 1 aromatic heterocycles. The van der Waals surface area contributed by atoms with Gasteiger partial charge in [0.1, 0.15) is 0 Å². The van der Waals surface area contributed by atoms with Gasteiger partial charge < -0.3 is 4.98 Å². The molecule has 0 amide bonds. The molecule has 0 saturated heterocycles. The zero-order chi connectivity index (χ0) is 12.5. The second-order valence-corrected chi connectivity index (χ2v) is 4.31. The molecule has 3 nitrogen and oxygen atoms in total. The fraction of sp³-hybridized carbons (Fsp3) is 0. The Labute approximate surface area is 108 Å². The number of fused-ring (bicyclic) bond motifs is 1. The van der Waals surface area contributed by atoms with E-state index in [9.17, 15) is 4.79 Å². The zero-order valence-corrected chi connectivity index (χ0v) is 10.1. The van der Waals surface area contributed by atoms with Crippen molar-refractivity contribution in [2.24, 2.45) is 0 Å². The van der Waals surface area contributed by atoms with Crippen LogP contribution in [0, 0.1) is 0 Å². The number of hydrogen-bond acceptors (Lipinski definition) is 2. The molecule has 88 valence electrons. The molecule has 1 N–H and O–H groups in total. The van der Waals surface area contributed by atoms with Gasteiger partial charge in [-0.05, 0) is 29.8 Å². The number of carbonyl (C=O) groups excluding carboxylic acids is 1. The smallest absolute Gasteiger partial charge is 0.201 e. The molecule has 0 radical (unpaired) electrons. The Hall–Kier alpha value is -2.13. The molecule has 3 rings (SSSR count). The van der Waals surface area contributed by atoms with Gasteiger partial charge in [0.25, 0.3) is 0 Å². The van der Waals surface area contributed by atoms with Crippen LogP contribution in [0.4, 0.5) is 0 Å². The number of hydrogen-bond donors (Lipinski definition) is 1. The maximum absolute atomic E-state index is 12.2. The van der Waals surface area contributed by atoms with E-state index in [1.807, 2.05) is 18.2 Å². The maximum atomic E-state index is 12.2. The highest BCUT2D eigenvalue weighted by molar-refractivity contribution is 6.29. The van der Waals surface area contributed by atoms with Crippen molar-refractivity contribution >= 4 is 28.4 Å². The van der Waals surface area contributed by atoms with Crippen LogP contribution in [0.5, 0.6) is 0 Å². The standard InChI is InChI=1S/C14H9ClN2O/c15-14-16-11-7-6-10(8-12(11)17-14)13(18)9-4-2-1-3-5-9/h1-8H,(H,16,17).